The maximum Gasteiger partial charge on any atom is 0.198 e. The van der Waals surface area contributed by atoms with Crippen LogP contribution in [0, 0.1) is 5.82 Å². The molecule has 0 radical (unpaired) electrons. The Bertz CT molecular complexity index is 736. The fourth-order valence-corrected chi connectivity index (χ4v) is 2.77. The maximum absolute atomic E-state index is 13.4. The third-order valence-corrected chi connectivity index (χ3v) is 3.90. The van der Waals surface area contributed by atoms with E-state index in [1.807, 2.05) is 19.1 Å². The molecule has 0 unspecified atom stereocenters. The highest BCUT2D eigenvalue weighted by Gasteiger charge is 2.22. The van der Waals surface area contributed by atoms with E-state index in [1.165, 1.54) is 23.4 Å². The summed E-state index contributed by atoms with van der Waals surface area (Å²) < 4.78 is 13.4. The second-order valence-corrected chi connectivity index (χ2v) is 5.49. The monoisotopic (exact) mass is 441 g/mol. The molecule has 0 aliphatic carbocycles. The number of anilines is 1. The molecule has 0 saturated carbocycles. The molecule has 0 spiro atoms. The SMILES string of the molecule is CCNC(=NCc1ccc(O)c(F)c1)N1CCc2ccccc21.I. The van der Waals surface area contributed by atoms with Crippen LogP contribution in [0.4, 0.5) is 10.1 Å². The van der Waals surface area contributed by atoms with Gasteiger partial charge in [0.15, 0.2) is 17.5 Å². The molecule has 0 amide bonds. The smallest absolute Gasteiger partial charge is 0.198 e. The number of benzene rings is 2. The lowest BCUT2D eigenvalue weighted by Crippen LogP contribution is -2.40. The zero-order chi connectivity index (χ0) is 16.2. The standard InChI is InChI=1S/C18H20FN3O.HI/c1-2-20-18(21-12-13-7-8-17(23)15(19)11-13)22-10-9-14-5-3-4-6-16(14)22;/h3-8,11,23H,2,9-10,12H2,1H3,(H,20,21);1H. The second kappa shape index (κ2) is 8.32. The fourth-order valence-electron chi connectivity index (χ4n) is 2.77. The van der Waals surface area contributed by atoms with Crippen molar-refractivity contribution in [1.29, 1.82) is 0 Å². The van der Waals surface area contributed by atoms with Crippen LogP contribution in [0.15, 0.2) is 47.5 Å². The molecule has 2 aromatic carbocycles. The fraction of sp³-hybridized carbons (Fsp3) is 0.278. The quantitative estimate of drug-likeness (QED) is 0.434. The van der Waals surface area contributed by atoms with E-state index in [0.29, 0.717) is 6.54 Å². The predicted molar refractivity (Wildman–Crippen MR) is 106 cm³/mol. The van der Waals surface area contributed by atoms with Crippen LogP contribution < -0.4 is 10.2 Å². The van der Waals surface area contributed by atoms with E-state index in [0.717, 1.165) is 31.0 Å². The van der Waals surface area contributed by atoms with Gasteiger partial charge in [0.05, 0.1) is 6.54 Å². The molecule has 4 nitrogen and oxygen atoms in total. The molecule has 0 saturated heterocycles. The Labute approximate surface area is 158 Å². The summed E-state index contributed by atoms with van der Waals surface area (Å²) in [7, 11) is 0. The number of hydrogen-bond acceptors (Lipinski definition) is 2. The Morgan fingerprint density at radius 3 is 2.83 bits per heavy atom. The van der Waals surface area contributed by atoms with Gasteiger partial charge in [0.2, 0.25) is 0 Å². The first-order chi connectivity index (χ1) is 11.2. The normalized spacial score (nSPS) is 13.4. The number of guanidine groups is 1. The number of para-hydroxylation sites is 1. The number of aliphatic imine (C=N–C) groups is 1. The largest absolute Gasteiger partial charge is 0.505 e. The average Bonchev–Trinajstić information content (AvgIpc) is 2.98. The third-order valence-electron chi connectivity index (χ3n) is 3.90. The Morgan fingerprint density at radius 2 is 2.08 bits per heavy atom. The van der Waals surface area contributed by atoms with Gasteiger partial charge in [0.1, 0.15) is 0 Å². The molecular weight excluding hydrogens is 420 g/mol. The number of nitrogens with one attached hydrogen (secondary N) is 1. The highest BCUT2D eigenvalue weighted by molar-refractivity contribution is 14.0. The maximum atomic E-state index is 13.4. The van der Waals surface area contributed by atoms with E-state index in [2.05, 4.69) is 27.3 Å². The van der Waals surface area contributed by atoms with E-state index in [4.69, 9.17) is 0 Å². The molecule has 1 aliphatic heterocycles. The molecule has 3 rings (SSSR count). The summed E-state index contributed by atoms with van der Waals surface area (Å²) >= 11 is 0. The third kappa shape index (κ3) is 3.98. The van der Waals surface area contributed by atoms with Crippen LogP contribution in [-0.2, 0) is 13.0 Å². The van der Waals surface area contributed by atoms with Crippen molar-refractivity contribution in [2.24, 2.45) is 4.99 Å². The van der Waals surface area contributed by atoms with Crippen molar-refractivity contribution >= 4 is 35.6 Å². The summed E-state index contributed by atoms with van der Waals surface area (Å²) in [6, 6.07) is 12.7. The highest BCUT2D eigenvalue weighted by Crippen LogP contribution is 2.27. The van der Waals surface area contributed by atoms with Crippen LogP contribution in [0.25, 0.3) is 0 Å². The molecule has 0 aromatic heterocycles. The molecule has 1 heterocycles. The number of fused-ring (bicyclic) bond motifs is 1. The van der Waals surface area contributed by atoms with E-state index in [9.17, 15) is 9.50 Å². The van der Waals surface area contributed by atoms with E-state index in [1.54, 1.807) is 6.07 Å². The number of phenolic OH excluding ortho intramolecular Hbond substituents is 1. The van der Waals surface area contributed by atoms with Gasteiger partial charge in [-0.25, -0.2) is 9.38 Å². The Kier molecular flexibility index (Phi) is 6.42. The minimum atomic E-state index is -0.616. The lowest BCUT2D eigenvalue weighted by molar-refractivity contribution is 0.432. The number of phenols is 1. The van der Waals surface area contributed by atoms with E-state index in [-0.39, 0.29) is 29.7 Å². The van der Waals surface area contributed by atoms with Gasteiger partial charge in [-0.3, -0.25) is 0 Å². The minimum absolute atomic E-state index is 0. The summed E-state index contributed by atoms with van der Waals surface area (Å²) in [5.41, 5.74) is 3.21. The zero-order valence-corrected chi connectivity index (χ0v) is 15.8. The van der Waals surface area contributed by atoms with Gasteiger partial charge in [-0.2, -0.15) is 0 Å². The van der Waals surface area contributed by atoms with Crippen molar-refractivity contribution < 1.29 is 9.50 Å². The number of nitrogens with zero attached hydrogens (tertiary/aromatic N) is 2. The van der Waals surface area contributed by atoms with Gasteiger partial charge >= 0.3 is 0 Å². The molecular formula is C18H21FIN3O. The van der Waals surface area contributed by atoms with Crippen LogP contribution in [0.3, 0.4) is 0 Å². The molecule has 0 atom stereocenters. The van der Waals surface area contributed by atoms with Crippen LogP contribution in [0.2, 0.25) is 0 Å². The van der Waals surface area contributed by atoms with Gasteiger partial charge in [-0.15, -0.1) is 24.0 Å². The zero-order valence-electron chi connectivity index (χ0n) is 13.5. The molecule has 1 aliphatic rings. The number of aromatic hydroxyl groups is 1. The molecule has 6 heteroatoms. The van der Waals surface area contributed by atoms with E-state index >= 15 is 0 Å². The van der Waals surface area contributed by atoms with Gasteiger partial charge in [0, 0.05) is 18.8 Å². The van der Waals surface area contributed by atoms with Gasteiger partial charge in [-0.05, 0) is 42.7 Å². The molecule has 0 fully saturated rings. The van der Waals surface area contributed by atoms with Gasteiger partial charge in [0.25, 0.3) is 0 Å². The number of halogens is 2. The predicted octanol–water partition coefficient (Wildman–Crippen LogP) is 3.68. The van der Waals surface area contributed by atoms with Gasteiger partial charge < -0.3 is 15.3 Å². The van der Waals surface area contributed by atoms with Crippen LogP contribution in [0.5, 0.6) is 5.75 Å². The Balaban J connectivity index is 0.00000208. The number of rotatable bonds is 3. The lowest BCUT2D eigenvalue weighted by Gasteiger charge is -2.22. The van der Waals surface area contributed by atoms with Crippen LogP contribution in [-0.4, -0.2) is 24.2 Å². The first-order valence-electron chi connectivity index (χ1n) is 7.80. The van der Waals surface area contributed by atoms with E-state index < -0.39 is 5.82 Å². The van der Waals surface area contributed by atoms with Crippen LogP contribution >= 0.6 is 24.0 Å². The highest BCUT2D eigenvalue weighted by atomic mass is 127. The summed E-state index contributed by atoms with van der Waals surface area (Å²) in [5.74, 6) is -0.154. The first kappa shape index (κ1) is 18.5. The minimum Gasteiger partial charge on any atom is -0.505 e. The van der Waals surface area contributed by atoms with Crippen molar-refractivity contribution in [3.8, 4) is 5.75 Å². The van der Waals surface area contributed by atoms with Gasteiger partial charge in [-0.1, -0.05) is 24.3 Å². The average molecular weight is 441 g/mol. The number of hydrogen-bond donors (Lipinski definition) is 2. The van der Waals surface area contributed by atoms with Crippen molar-refractivity contribution in [3.63, 3.8) is 0 Å². The summed E-state index contributed by atoms with van der Waals surface area (Å²) in [6.45, 7) is 4.03. The lowest BCUT2D eigenvalue weighted by atomic mass is 10.2. The molecule has 24 heavy (non-hydrogen) atoms. The topological polar surface area (TPSA) is 47.9 Å². The Morgan fingerprint density at radius 1 is 1.29 bits per heavy atom. The van der Waals surface area contributed by atoms with Crippen molar-refractivity contribution in [3.05, 3.63) is 59.4 Å². The summed E-state index contributed by atoms with van der Waals surface area (Å²) in [6.07, 6.45) is 0.994. The van der Waals surface area contributed by atoms with Crippen molar-refractivity contribution in [2.45, 2.75) is 19.9 Å². The molecule has 0 bridgehead atoms. The molecule has 2 aromatic rings. The molecule has 128 valence electrons. The molecule has 2 N–H and O–H groups in total. The second-order valence-electron chi connectivity index (χ2n) is 5.49. The van der Waals surface area contributed by atoms with Crippen molar-refractivity contribution in [2.75, 3.05) is 18.0 Å². The van der Waals surface area contributed by atoms with Crippen molar-refractivity contribution in [1.82, 2.24) is 5.32 Å². The Hall–Kier alpha value is -1.83. The van der Waals surface area contributed by atoms with Crippen LogP contribution in [0.1, 0.15) is 18.1 Å². The first-order valence-corrected chi connectivity index (χ1v) is 7.80. The summed E-state index contributed by atoms with van der Waals surface area (Å²) in [5, 5.41) is 12.6. The summed E-state index contributed by atoms with van der Waals surface area (Å²) in [4.78, 5) is 6.78.